The summed E-state index contributed by atoms with van der Waals surface area (Å²) in [5, 5.41) is 11.7. The quantitative estimate of drug-likeness (QED) is 0.617. The van der Waals surface area contributed by atoms with Crippen molar-refractivity contribution in [2.75, 3.05) is 13.7 Å². The first-order valence-corrected chi connectivity index (χ1v) is 4.22. The molecule has 1 fully saturated rings. The van der Waals surface area contributed by atoms with Crippen LogP contribution in [0.4, 0.5) is 4.79 Å². The van der Waals surface area contributed by atoms with Gasteiger partial charge in [0.25, 0.3) is 0 Å². The molecule has 12 heavy (non-hydrogen) atoms. The average molecular weight is 172 g/mol. The van der Waals surface area contributed by atoms with Crippen LogP contribution in [0.15, 0.2) is 0 Å². The highest BCUT2D eigenvalue weighted by atomic mass is 16.3. The number of aliphatic hydroxyl groups excluding tert-OH is 1. The maximum absolute atomic E-state index is 11.2. The van der Waals surface area contributed by atoms with E-state index in [2.05, 4.69) is 5.32 Å². The molecule has 4 nitrogen and oxygen atoms in total. The Kier molecular flexibility index (Phi) is 2.57. The highest BCUT2D eigenvalue weighted by Crippen LogP contribution is 2.18. The molecule has 1 saturated heterocycles. The van der Waals surface area contributed by atoms with Crippen LogP contribution >= 0.6 is 0 Å². The summed E-state index contributed by atoms with van der Waals surface area (Å²) in [6, 6.07) is -0.0854. The zero-order valence-electron chi connectivity index (χ0n) is 7.74. The van der Waals surface area contributed by atoms with Crippen molar-refractivity contribution in [3.05, 3.63) is 0 Å². The largest absolute Gasteiger partial charge is 0.394 e. The van der Waals surface area contributed by atoms with Gasteiger partial charge in [0.05, 0.1) is 18.7 Å². The molecule has 2 N–H and O–H groups in total. The van der Waals surface area contributed by atoms with Crippen LogP contribution in [0.25, 0.3) is 0 Å². The number of amides is 2. The van der Waals surface area contributed by atoms with E-state index in [1.807, 2.05) is 13.8 Å². The lowest BCUT2D eigenvalue weighted by molar-refractivity contribution is 0.181. The van der Waals surface area contributed by atoms with E-state index in [9.17, 15) is 4.79 Å². The number of rotatable bonds is 2. The molecular formula is C8H16N2O2. The third-order valence-corrected chi connectivity index (χ3v) is 2.37. The number of carbonyl (C=O) groups excluding carboxylic acids is 1. The lowest BCUT2D eigenvalue weighted by Crippen LogP contribution is -2.40. The monoisotopic (exact) mass is 172 g/mol. The molecule has 0 saturated carbocycles. The Bertz CT molecular complexity index is 182. The average Bonchev–Trinajstić information content (AvgIpc) is 2.28. The molecule has 0 aromatic rings. The number of aliphatic hydroxyl groups is 1. The standard InChI is InChI=1S/C8H16N2O2/c1-5(2)7-6(4-11)9-8(12)10(7)3/h5-7,11H,4H2,1-3H3,(H,9,12). The lowest BCUT2D eigenvalue weighted by Gasteiger charge is -2.25. The summed E-state index contributed by atoms with van der Waals surface area (Å²) in [4.78, 5) is 12.8. The van der Waals surface area contributed by atoms with E-state index in [1.165, 1.54) is 0 Å². The van der Waals surface area contributed by atoms with E-state index < -0.39 is 0 Å². The van der Waals surface area contributed by atoms with Gasteiger partial charge in [-0.25, -0.2) is 4.79 Å². The van der Waals surface area contributed by atoms with Crippen molar-refractivity contribution in [3.63, 3.8) is 0 Å². The summed E-state index contributed by atoms with van der Waals surface area (Å²) in [6.07, 6.45) is 0. The van der Waals surface area contributed by atoms with Crippen LogP contribution in [0.5, 0.6) is 0 Å². The van der Waals surface area contributed by atoms with Gasteiger partial charge in [-0.1, -0.05) is 13.8 Å². The first kappa shape index (κ1) is 9.32. The number of nitrogens with zero attached hydrogens (tertiary/aromatic N) is 1. The first-order chi connectivity index (χ1) is 5.57. The van der Waals surface area contributed by atoms with Gasteiger partial charge in [0.2, 0.25) is 0 Å². The van der Waals surface area contributed by atoms with E-state index in [0.717, 1.165) is 0 Å². The summed E-state index contributed by atoms with van der Waals surface area (Å²) in [6.45, 7) is 4.10. The van der Waals surface area contributed by atoms with Crippen LogP contribution in [-0.2, 0) is 0 Å². The van der Waals surface area contributed by atoms with Gasteiger partial charge in [0.1, 0.15) is 0 Å². The topological polar surface area (TPSA) is 52.6 Å². The molecule has 2 amide bonds. The van der Waals surface area contributed by atoms with Crippen LogP contribution in [-0.4, -0.2) is 41.8 Å². The summed E-state index contributed by atoms with van der Waals surface area (Å²) in [5.74, 6) is 0.367. The molecule has 1 aliphatic rings. The molecule has 0 spiro atoms. The van der Waals surface area contributed by atoms with Crippen molar-refractivity contribution in [2.45, 2.75) is 25.9 Å². The molecule has 0 bridgehead atoms. The molecule has 0 aliphatic carbocycles. The number of urea groups is 1. The molecule has 4 heteroatoms. The number of carbonyl (C=O) groups is 1. The third-order valence-electron chi connectivity index (χ3n) is 2.37. The second-order valence-electron chi connectivity index (χ2n) is 3.58. The molecule has 1 aliphatic heterocycles. The van der Waals surface area contributed by atoms with Crippen molar-refractivity contribution in [1.82, 2.24) is 10.2 Å². The normalized spacial score (nSPS) is 29.8. The number of hydrogen-bond acceptors (Lipinski definition) is 2. The lowest BCUT2D eigenvalue weighted by atomic mass is 9.98. The van der Waals surface area contributed by atoms with Gasteiger partial charge in [-0.15, -0.1) is 0 Å². The molecule has 0 aromatic carbocycles. The number of hydrogen-bond donors (Lipinski definition) is 2. The van der Waals surface area contributed by atoms with E-state index in [-0.39, 0.29) is 24.7 Å². The molecule has 0 radical (unpaired) electrons. The molecule has 2 atom stereocenters. The second-order valence-corrected chi connectivity index (χ2v) is 3.58. The van der Waals surface area contributed by atoms with Crippen molar-refractivity contribution >= 4 is 6.03 Å². The highest BCUT2D eigenvalue weighted by molar-refractivity contribution is 5.77. The summed E-state index contributed by atoms with van der Waals surface area (Å²) < 4.78 is 0. The smallest absolute Gasteiger partial charge is 0.317 e. The van der Waals surface area contributed by atoms with Crippen LogP contribution in [0.2, 0.25) is 0 Å². The fraction of sp³-hybridized carbons (Fsp3) is 0.875. The number of likely N-dealkylation sites (N-methyl/N-ethyl adjacent to an activating group) is 1. The van der Waals surface area contributed by atoms with E-state index in [4.69, 9.17) is 5.11 Å². The van der Waals surface area contributed by atoms with Gasteiger partial charge in [-0.2, -0.15) is 0 Å². The molecule has 70 valence electrons. The predicted octanol–water partition coefficient (Wildman–Crippen LogP) is 0.0269. The molecule has 2 unspecified atom stereocenters. The van der Waals surface area contributed by atoms with Crippen LogP contribution in [0.1, 0.15) is 13.8 Å². The van der Waals surface area contributed by atoms with Crippen molar-refractivity contribution < 1.29 is 9.90 Å². The molecule has 0 aromatic heterocycles. The number of nitrogens with one attached hydrogen (secondary N) is 1. The van der Waals surface area contributed by atoms with E-state index in [1.54, 1.807) is 11.9 Å². The Balaban J connectivity index is 2.73. The minimum absolute atomic E-state index is 0.0128. The SMILES string of the molecule is CC(C)C1C(CO)NC(=O)N1C. The van der Waals surface area contributed by atoms with Crippen molar-refractivity contribution in [1.29, 1.82) is 0 Å². The maximum Gasteiger partial charge on any atom is 0.317 e. The minimum atomic E-state index is -0.109. The van der Waals surface area contributed by atoms with Gasteiger partial charge >= 0.3 is 6.03 Å². The summed E-state index contributed by atoms with van der Waals surface area (Å²) in [5.41, 5.74) is 0. The third kappa shape index (κ3) is 1.39. The Morgan fingerprint density at radius 3 is 2.58 bits per heavy atom. The van der Waals surface area contributed by atoms with Crippen molar-refractivity contribution in [3.8, 4) is 0 Å². The van der Waals surface area contributed by atoms with Gasteiger partial charge < -0.3 is 15.3 Å². The maximum atomic E-state index is 11.2. The van der Waals surface area contributed by atoms with Gasteiger partial charge in [-0.3, -0.25) is 0 Å². The highest BCUT2D eigenvalue weighted by Gasteiger charge is 2.37. The van der Waals surface area contributed by atoms with Crippen LogP contribution in [0.3, 0.4) is 0 Å². The Hall–Kier alpha value is -0.770. The van der Waals surface area contributed by atoms with E-state index >= 15 is 0 Å². The molecule has 1 heterocycles. The van der Waals surface area contributed by atoms with Crippen molar-refractivity contribution in [2.24, 2.45) is 5.92 Å². The Labute approximate surface area is 72.6 Å². The predicted molar refractivity (Wildman–Crippen MR) is 45.8 cm³/mol. The Morgan fingerprint density at radius 1 is 1.67 bits per heavy atom. The van der Waals surface area contributed by atoms with Gasteiger partial charge in [0.15, 0.2) is 0 Å². The zero-order chi connectivity index (χ0) is 9.30. The fourth-order valence-electron chi connectivity index (χ4n) is 1.82. The van der Waals surface area contributed by atoms with Gasteiger partial charge in [0, 0.05) is 7.05 Å². The van der Waals surface area contributed by atoms with Gasteiger partial charge in [-0.05, 0) is 5.92 Å². The molecular weight excluding hydrogens is 156 g/mol. The van der Waals surface area contributed by atoms with Crippen LogP contribution in [0, 0.1) is 5.92 Å². The fourth-order valence-corrected chi connectivity index (χ4v) is 1.82. The summed E-state index contributed by atoms with van der Waals surface area (Å²) >= 11 is 0. The molecule has 1 rings (SSSR count). The minimum Gasteiger partial charge on any atom is -0.394 e. The zero-order valence-corrected chi connectivity index (χ0v) is 7.74. The van der Waals surface area contributed by atoms with Crippen LogP contribution < -0.4 is 5.32 Å². The second kappa shape index (κ2) is 3.31. The first-order valence-electron chi connectivity index (χ1n) is 4.22. The summed E-state index contributed by atoms with van der Waals surface area (Å²) in [7, 11) is 1.76. The Morgan fingerprint density at radius 2 is 2.25 bits per heavy atom. The van der Waals surface area contributed by atoms with E-state index in [0.29, 0.717) is 5.92 Å².